The maximum absolute atomic E-state index is 13.2. The van der Waals surface area contributed by atoms with E-state index in [0.29, 0.717) is 18.8 Å². The summed E-state index contributed by atoms with van der Waals surface area (Å²) in [6, 6.07) is 19.9. The molecular weight excluding hydrogens is 400 g/mol. The molecule has 1 aliphatic heterocycles. The Morgan fingerprint density at radius 1 is 0.969 bits per heavy atom. The highest BCUT2D eigenvalue weighted by Gasteiger charge is 2.33. The van der Waals surface area contributed by atoms with Crippen molar-refractivity contribution < 1.29 is 9.21 Å². The molecule has 4 heterocycles. The lowest BCUT2D eigenvalue weighted by molar-refractivity contribution is 0.0719. The van der Waals surface area contributed by atoms with E-state index in [-0.39, 0.29) is 5.91 Å². The fraction of sp³-hybridized carbons (Fsp3) is 0.154. The highest BCUT2D eigenvalue weighted by atomic mass is 16.3. The third-order valence-corrected chi connectivity index (χ3v) is 6.08. The Morgan fingerprint density at radius 3 is 2.56 bits per heavy atom. The van der Waals surface area contributed by atoms with Gasteiger partial charge in [0.1, 0.15) is 11.4 Å². The summed E-state index contributed by atoms with van der Waals surface area (Å²) in [5, 5.41) is 5.88. The Labute approximate surface area is 185 Å². The van der Waals surface area contributed by atoms with Gasteiger partial charge in [0.05, 0.1) is 24.5 Å². The number of hydrogen-bond donors (Lipinski definition) is 0. The van der Waals surface area contributed by atoms with Gasteiger partial charge in [-0.15, -0.1) is 0 Å². The smallest absolute Gasteiger partial charge is 0.290 e. The fourth-order valence-electron chi connectivity index (χ4n) is 4.54. The molecule has 2 aromatic carbocycles. The summed E-state index contributed by atoms with van der Waals surface area (Å²) >= 11 is 0. The van der Waals surface area contributed by atoms with Gasteiger partial charge in [0, 0.05) is 23.3 Å². The molecule has 1 amide bonds. The molecule has 6 heteroatoms. The predicted octanol–water partition coefficient (Wildman–Crippen LogP) is 5.18. The molecule has 0 unspecified atom stereocenters. The lowest BCUT2D eigenvalue weighted by Crippen LogP contribution is -2.26. The molecule has 0 fully saturated rings. The Kier molecular flexibility index (Phi) is 4.08. The number of carbonyl (C=O) groups excluding carboxylic acids is 1. The molecule has 0 aliphatic carbocycles. The van der Waals surface area contributed by atoms with Crippen molar-refractivity contribution in [3.8, 4) is 11.5 Å². The first kappa shape index (κ1) is 18.7. The summed E-state index contributed by atoms with van der Waals surface area (Å²) in [6.45, 7) is 5.14. The van der Waals surface area contributed by atoms with Gasteiger partial charge in [0.15, 0.2) is 5.76 Å². The predicted molar refractivity (Wildman–Crippen MR) is 122 cm³/mol. The van der Waals surface area contributed by atoms with E-state index in [0.717, 1.165) is 39.3 Å². The van der Waals surface area contributed by atoms with Crippen LogP contribution in [0.5, 0.6) is 0 Å². The number of aryl methyl sites for hydroxylation is 2. The van der Waals surface area contributed by atoms with Crippen LogP contribution in [0.15, 0.2) is 77.5 Å². The molecule has 5 aromatic rings. The van der Waals surface area contributed by atoms with Crippen LogP contribution < -0.4 is 0 Å². The van der Waals surface area contributed by atoms with Crippen molar-refractivity contribution in [3.05, 3.63) is 101 Å². The zero-order chi connectivity index (χ0) is 21.8. The number of furan rings is 1. The standard InChI is InChI=1S/C26H22N4O2/c1-17-9-10-22(18(2)13-17)30-25(28-11-5-6-12-28)20-15-29(16-21(20)27-30)26(31)24-14-19-7-3-4-8-23(19)32-24/h3-14H,15-16H2,1-2H3. The molecule has 3 aromatic heterocycles. The van der Waals surface area contributed by atoms with Crippen LogP contribution in [0.3, 0.4) is 0 Å². The van der Waals surface area contributed by atoms with E-state index in [2.05, 4.69) is 36.6 Å². The average Bonchev–Trinajstić information content (AvgIpc) is 3.55. The molecular formula is C26H22N4O2. The van der Waals surface area contributed by atoms with Crippen molar-refractivity contribution in [1.29, 1.82) is 0 Å². The van der Waals surface area contributed by atoms with Crippen LogP contribution in [-0.4, -0.2) is 25.2 Å². The minimum absolute atomic E-state index is 0.115. The quantitative estimate of drug-likeness (QED) is 0.402. The highest BCUT2D eigenvalue weighted by molar-refractivity contribution is 5.96. The first-order chi connectivity index (χ1) is 15.6. The second-order valence-electron chi connectivity index (χ2n) is 8.35. The summed E-state index contributed by atoms with van der Waals surface area (Å²) < 4.78 is 9.89. The molecule has 0 N–H and O–H groups in total. The van der Waals surface area contributed by atoms with Gasteiger partial charge in [-0.1, -0.05) is 35.9 Å². The molecule has 0 saturated heterocycles. The van der Waals surface area contributed by atoms with E-state index in [9.17, 15) is 4.79 Å². The van der Waals surface area contributed by atoms with Crippen LogP contribution in [0, 0.1) is 13.8 Å². The van der Waals surface area contributed by atoms with Gasteiger partial charge in [-0.2, -0.15) is 5.10 Å². The van der Waals surface area contributed by atoms with Gasteiger partial charge in [-0.3, -0.25) is 4.79 Å². The lowest BCUT2D eigenvalue weighted by atomic mass is 10.1. The number of fused-ring (bicyclic) bond motifs is 2. The number of nitrogens with zero attached hydrogens (tertiary/aromatic N) is 4. The van der Waals surface area contributed by atoms with Crippen molar-refractivity contribution in [2.24, 2.45) is 0 Å². The van der Waals surface area contributed by atoms with Gasteiger partial charge in [-0.25, -0.2) is 4.68 Å². The maximum Gasteiger partial charge on any atom is 0.290 e. The third kappa shape index (κ3) is 2.87. The highest BCUT2D eigenvalue weighted by Crippen LogP contribution is 2.33. The largest absolute Gasteiger partial charge is 0.451 e. The third-order valence-electron chi connectivity index (χ3n) is 6.08. The van der Waals surface area contributed by atoms with Gasteiger partial charge in [-0.05, 0) is 49.7 Å². The van der Waals surface area contributed by atoms with Crippen LogP contribution >= 0.6 is 0 Å². The average molecular weight is 422 g/mol. The van der Waals surface area contributed by atoms with Crippen LogP contribution in [0.1, 0.15) is 32.9 Å². The Bertz CT molecular complexity index is 1440. The van der Waals surface area contributed by atoms with Crippen LogP contribution in [0.4, 0.5) is 0 Å². The van der Waals surface area contributed by atoms with E-state index in [1.54, 1.807) is 4.90 Å². The summed E-state index contributed by atoms with van der Waals surface area (Å²) in [7, 11) is 0. The van der Waals surface area contributed by atoms with Crippen molar-refractivity contribution in [1.82, 2.24) is 19.2 Å². The zero-order valence-electron chi connectivity index (χ0n) is 17.9. The minimum atomic E-state index is -0.115. The number of carbonyl (C=O) groups is 1. The van der Waals surface area contributed by atoms with E-state index in [1.165, 1.54) is 5.56 Å². The van der Waals surface area contributed by atoms with Crippen molar-refractivity contribution in [2.45, 2.75) is 26.9 Å². The minimum Gasteiger partial charge on any atom is -0.451 e. The molecule has 0 saturated carbocycles. The summed E-state index contributed by atoms with van der Waals surface area (Å²) in [5.74, 6) is 1.22. The van der Waals surface area contributed by atoms with E-state index in [1.807, 2.05) is 59.5 Å². The Hall–Kier alpha value is -4.06. The monoisotopic (exact) mass is 422 g/mol. The molecule has 32 heavy (non-hydrogen) atoms. The second kappa shape index (κ2) is 6.99. The molecule has 0 atom stereocenters. The van der Waals surface area contributed by atoms with Crippen LogP contribution in [0.2, 0.25) is 0 Å². The SMILES string of the molecule is Cc1ccc(-n2nc3c(c2-n2cccc2)CN(C(=O)c2cc4ccccc4o2)C3)c(C)c1. The number of para-hydroxylation sites is 1. The fourth-order valence-corrected chi connectivity index (χ4v) is 4.54. The summed E-state index contributed by atoms with van der Waals surface area (Å²) in [5.41, 5.74) is 6.12. The van der Waals surface area contributed by atoms with Crippen molar-refractivity contribution >= 4 is 16.9 Å². The first-order valence-electron chi connectivity index (χ1n) is 10.7. The number of amides is 1. The molecule has 6 nitrogen and oxygen atoms in total. The Morgan fingerprint density at radius 2 is 1.78 bits per heavy atom. The summed E-state index contributed by atoms with van der Waals surface area (Å²) in [4.78, 5) is 15.0. The van der Waals surface area contributed by atoms with Gasteiger partial charge >= 0.3 is 0 Å². The zero-order valence-corrected chi connectivity index (χ0v) is 17.9. The van der Waals surface area contributed by atoms with Gasteiger partial charge in [0.2, 0.25) is 0 Å². The normalized spacial score (nSPS) is 13.1. The van der Waals surface area contributed by atoms with E-state index < -0.39 is 0 Å². The van der Waals surface area contributed by atoms with Gasteiger partial charge in [0.25, 0.3) is 5.91 Å². The van der Waals surface area contributed by atoms with Crippen LogP contribution in [-0.2, 0) is 13.1 Å². The molecule has 1 aliphatic rings. The number of rotatable bonds is 3. The number of aromatic nitrogens is 3. The molecule has 6 rings (SSSR count). The topological polar surface area (TPSA) is 56.2 Å². The van der Waals surface area contributed by atoms with Crippen molar-refractivity contribution in [2.75, 3.05) is 0 Å². The number of hydrogen-bond acceptors (Lipinski definition) is 3. The second-order valence-corrected chi connectivity index (χ2v) is 8.35. The van der Waals surface area contributed by atoms with Crippen LogP contribution in [0.25, 0.3) is 22.5 Å². The molecule has 0 radical (unpaired) electrons. The molecule has 158 valence electrons. The first-order valence-corrected chi connectivity index (χ1v) is 10.7. The molecule has 0 bridgehead atoms. The van der Waals surface area contributed by atoms with E-state index in [4.69, 9.17) is 9.52 Å². The Balaban J connectivity index is 1.40. The maximum atomic E-state index is 13.2. The number of benzene rings is 2. The summed E-state index contributed by atoms with van der Waals surface area (Å²) in [6.07, 6.45) is 4.03. The van der Waals surface area contributed by atoms with Gasteiger partial charge < -0.3 is 13.9 Å². The lowest BCUT2D eigenvalue weighted by Gasteiger charge is -2.17. The van der Waals surface area contributed by atoms with E-state index >= 15 is 0 Å². The molecule has 0 spiro atoms. The van der Waals surface area contributed by atoms with Crippen molar-refractivity contribution in [3.63, 3.8) is 0 Å².